The minimum atomic E-state index is -0.748. The van der Waals surface area contributed by atoms with Gasteiger partial charge in [0, 0.05) is 18.4 Å². The Morgan fingerprint density at radius 3 is 2.52 bits per heavy atom. The van der Waals surface area contributed by atoms with Gasteiger partial charge in [-0.2, -0.15) is 0 Å². The lowest BCUT2D eigenvalue weighted by molar-refractivity contribution is -0.190. The molecular formula is C21H33NO3. The number of carbonyl (C=O) groups excluding carboxylic acids is 1. The second-order valence-corrected chi connectivity index (χ2v) is 9.51. The molecule has 0 aliphatic heterocycles. The zero-order chi connectivity index (χ0) is 18.6. The molecule has 0 saturated heterocycles. The monoisotopic (exact) mass is 347 g/mol. The van der Waals surface area contributed by atoms with E-state index in [1.807, 2.05) is 6.92 Å². The number of carbonyl (C=O) groups is 1. The van der Waals surface area contributed by atoms with Crippen LogP contribution in [0, 0.1) is 40.6 Å². The van der Waals surface area contributed by atoms with Crippen molar-refractivity contribution in [3.63, 3.8) is 0 Å². The first-order valence-electron chi connectivity index (χ1n) is 9.76. The molecule has 3 rings (SSSR count). The van der Waals surface area contributed by atoms with E-state index < -0.39 is 11.5 Å². The molecule has 0 aromatic rings. The largest absolute Gasteiger partial charge is 0.392 e. The van der Waals surface area contributed by atoms with Gasteiger partial charge in [0.05, 0.1) is 12.2 Å². The van der Waals surface area contributed by atoms with E-state index in [1.165, 1.54) is 0 Å². The molecule has 4 heteroatoms. The quantitative estimate of drug-likeness (QED) is 0.775. The Morgan fingerprint density at radius 2 is 1.92 bits per heavy atom. The van der Waals surface area contributed by atoms with E-state index in [9.17, 15) is 9.90 Å². The van der Waals surface area contributed by atoms with Crippen LogP contribution in [0.3, 0.4) is 0 Å². The molecule has 3 fully saturated rings. The van der Waals surface area contributed by atoms with Gasteiger partial charge in [0.1, 0.15) is 11.2 Å². The molecule has 0 heterocycles. The molecule has 0 radical (unpaired) electrons. The number of aliphatic hydroxyl groups excluding tert-OH is 1. The van der Waals surface area contributed by atoms with Crippen LogP contribution in [-0.2, 0) is 9.53 Å². The molecule has 8 atom stereocenters. The van der Waals surface area contributed by atoms with Crippen LogP contribution in [0.4, 0.5) is 0 Å². The van der Waals surface area contributed by atoms with Crippen molar-refractivity contribution in [3.05, 3.63) is 11.4 Å². The van der Waals surface area contributed by atoms with Crippen molar-refractivity contribution >= 4 is 5.78 Å². The first-order valence-corrected chi connectivity index (χ1v) is 9.76. The molecular weight excluding hydrogens is 314 g/mol. The van der Waals surface area contributed by atoms with Crippen LogP contribution in [0.15, 0.2) is 0 Å². The molecule has 3 aliphatic rings. The number of ether oxygens (including phenoxy) is 1. The Bertz CT molecular complexity index is 598. The third kappa shape index (κ3) is 2.35. The standard InChI is InChI=1S/C21H33NO3/c1-13-7-9-21-10-8-15(25-6)17(21)20(13,4)16(23)11-19(3,12-22-5)18(24)14(21)2/h13-17,23H,7-12H2,1-4,6H3/t13-,14+,15?,16-,17?,19+,20+,21?/m1/s1. The summed E-state index contributed by atoms with van der Waals surface area (Å²) in [6.45, 7) is 16.0. The number of hydrogen-bond acceptors (Lipinski definition) is 3. The van der Waals surface area contributed by atoms with Gasteiger partial charge >= 0.3 is 0 Å². The fraction of sp³-hybridized carbons (Fsp3) is 0.905. The fourth-order valence-corrected chi connectivity index (χ4v) is 6.85. The highest BCUT2D eigenvalue weighted by molar-refractivity contribution is 5.88. The molecule has 25 heavy (non-hydrogen) atoms. The number of rotatable bonds is 2. The van der Waals surface area contributed by atoms with Gasteiger partial charge in [-0.3, -0.25) is 4.79 Å². The van der Waals surface area contributed by atoms with E-state index in [4.69, 9.17) is 11.3 Å². The van der Waals surface area contributed by atoms with Crippen LogP contribution >= 0.6 is 0 Å². The molecule has 140 valence electrons. The van der Waals surface area contributed by atoms with Crippen molar-refractivity contribution in [2.24, 2.45) is 34.0 Å². The zero-order valence-electron chi connectivity index (χ0n) is 16.3. The second kappa shape index (κ2) is 6.06. The first-order chi connectivity index (χ1) is 11.7. The molecule has 0 amide bonds. The summed E-state index contributed by atoms with van der Waals surface area (Å²) < 4.78 is 5.88. The second-order valence-electron chi connectivity index (χ2n) is 9.51. The highest BCUT2D eigenvalue weighted by Gasteiger charge is 2.68. The third-order valence-corrected chi connectivity index (χ3v) is 8.60. The van der Waals surface area contributed by atoms with Crippen molar-refractivity contribution < 1.29 is 14.6 Å². The van der Waals surface area contributed by atoms with Gasteiger partial charge in [-0.1, -0.05) is 20.8 Å². The summed E-state index contributed by atoms with van der Waals surface area (Å²) in [7, 11) is 1.77. The maximum Gasteiger partial charge on any atom is 0.226 e. The van der Waals surface area contributed by atoms with Crippen molar-refractivity contribution in [3.8, 4) is 0 Å². The smallest absolute Gasteiger partial charge is 0.226 e. The lowest BCUT2D eigenvalue weighted by Gasteiger charge is -2.61. The highest BCUT2D eigenvalue weighted by Crippen LogP contribution is 2.68. The number of aliphatic hydroxyl groups is 1. The van der Waals surface area contributed by atoms with Gasteiger partial charge < -0.3 is 14.7 Å². The average Bonchev–Trinajstić information content (AvgIpc) is 2.97. The lowest BCUT2D eigenvalue weighted by Crippen LogP contribution is -2.62. The van der Waals surface area contributed by atoms with E-state index >= 15 is 0 Å². The molecule has 3 saturated carbocycles. The predicted molar refractivity (Wildman–Crippen MR) is 96.8 cm³/mol. The van der Waals surface area contributed by atoms with E-state index in [1.54, 1.807) is 7.11 Å². The van der Waals surface area contributed by atoms with Crippen molar-refractivity contribution in [2.75, 3.05) is 13.7 Å². The third-order valence-electron chi connectivity index (χ3n) is 8.60. The van der Waals surface area contributed by atoms with Crippen LogP contribution in [0.1, 0.15) is 59.8 Å². The van der Waals surface area contributed by atoms with Crippen molar-refractivity contribution in [1.82, 2.24) is 0 Å². The van der Waals surface area contributed by atoms with Crippen LogP contribution in [0.5, 0.6) is 0 Å². The lowest BCUT2D eigenvalue weighted by atomic mass is 9.44. The van der Waals surface area contributed by atoms with E-state index in [0.29, 0.717) is 12.3 Å². The minimum absolute atomic E-state index is 0.0799. The molecule has 3 unspecified atom stereocenters. The first kappa shape index (κ1) is 18.9. The fourth-order valence-electron chi connectivity index (χ4n) is 6.85. The number of methoxy groups -OCH3 is 1. The average molecular weight is 347 g/mol. The minimum Gasteiger partial charge on any atom is -0.392 e. The maximum absolute atomic E-state index is 13.5. The molecule has 0 aromatic heterocycles. The zero-order valence-corrected chi connectivity index (χ0v) is 16.3. The van der Waals surface area contributed by atoms with E-state index in [2.05, 4.69) is 25.6 Å². The number of nitrogens with zero attached hydrogens (tertiary/aromatic N) is 1. The number of hydrogen-bond donors (Lipinski definition) is 1. The Kier molecular flexibility index (Phi) is 4.57. The Hall–Kier alpha value is -0.920. The topological polar surface area (TPSA) is 50.9 Å². The summed E-state index contributed by atoms with van der Waals surface area (Å²) in [6.07, 6.45) is 3.97. The van der Waals surface area contributed by atoms with Crippen LogP contribution in [0.2, 0.25) is 0 Å². The van der Waals surface area contributed by atoms with Gasteiger partial charge in [0.15, 0.2) is 0 Å². The van der Waals surface area contributed by atoms with Crippen LogP contribution < -0.4 is 0 Å². The predicted octanol–water partition coefficient (Wildman–Crippen LogP) is 3.73. The SMILES string of the molecule is [C-]#[N+]C[C@]1(C)C[C@@H](O)[C@@]2(C)C3C(OC)CCC3(CC[C@H]2C)[C@@H](C)C1=O. The summed E-state index contributed by atoms with van der Waals surface area (Å²) in [5, 5.41) is 11.4. The molecule has 1 N–H and O–H groups in total. The molecule has 0 spiro atoms. The summed E-state index contributed by atoms with van der Waals surface area (Å²) in [4.78, 5) is 17.0. The van der Waals surface area contributed by atoms with Gasteiger partial charge in [-0.05, 0) is 56.3 Å². The highest BCUT2D eigenvalue weighted by atomic mass is 16.5. The number of Topliss-reactive ketones (excluding diaryl/α,β-unsaturated/α-hetero) is 1. The Morgan fingerprint density at radius 1 is 1.28 bits per heavy atom. The van der Waals surface area contributed by atoms with Gasteiger partial charge in [-0.15, -0.1) is 0 Å². The number of ketones is 1. The van der Waals surface area contributed by atoms with Gasteiger partial charge in [0.2, 0.25) is 6.54 Å². The van der Waals surface area contributed by atoms with Crippen molar-refractivity contribution in [2.45, 2.75) is 72.0 Å². The molecule has 0 aromatic carbocycles. The summed E-state index contributed by atoms with van der Waals surface area (Å²) in [6, 6.07) is 0. The van der Waals surface area contributed by atoms with E-state index in [-0.39, 0.29) is 41.1 Å². The Labute approximate surface area is 152 Å². The summed E-state index contributed by atoms with van der Waals surface area (Å²) in [5.74, 6) is 0.693. The van der Waals surface area contributed by atoms with Crippen molar-refractivity contribution in [1.29, 1.82) is 0 Å². The van der Waals surface area contributed by atoms with Gasteiger partial charge in [0.25, 0.3) is 0 Å². The van der Waals surface area contributed by atoms with Gasteiger partial charge in [-0.25, -0.2) is 6.57 Å². The van der Waals surface area contributed by atoms with Crippen LogP contribution in [-0.4, -0.2) is 36.8 Å². The Balaban J connectivity index is 2.18. The normalized spacial score (nSPS) is 52.8. The molecule has 2 bridgehead atoms. The maximum atomic E-state index is 13.5. The summed E-state index contributed by atoms with van der Waals surface area (Å²) >= 11 is 0. The molecule has 4 nitrogen and oxygen atoms in total. The summed E-state index contributed by atoms with van der Waals surface area (Å²) in [5.41, 5.74) is -1.11. The van der Waals surface area contributed by atoms with E-state index in [0.717, 1.165) is 25.7 Å². The van der Waals surface area contributed by atoms with Crippen LogP contribution in [0.25, 0.3) is 4.85 Å². The molecule has 3 aliphatic carbocycles.